The highest BCUT2D eigenvalue weighted by atomic mass is 16.2. The summed E-state index contributed by atoms with van der Waals surface area (Å²) in [6, 6.07) is 0.764. The number of hydrogen-bond donors (Lipinski definition) is 1. The molecule has 2 aliphatic carbocycles. The zero-order chi connectivity index (χ0) is 16.1. The third kappa shape index (κ3) is 4.48. The molecule has 0 aromatic heterocycles. The molecule has 1 atom stereocenters. The fourth-order valence-electron chi connectivity index (χ4n) is 4.57. The van der Waals surface area contributed by atoms with Gasteiger partial charge in [0.2, 0.25) is 11.8 Å². The molecular weight excluding hydrogens is 288 g/mol. The van der Waals surface area contributed by atoms with Gasteiger partial charge in [-0.1, -0.05) is 44.9 Å². The minimum atomic E-state index is 0.0127. The van der Waals surface area contributed by atoms with Gasteiger partial charge in [0, 0.05) is 25.0 Å². The molecule has 2 amide bonds. The van der Waals surface area contributed by atoms with Crippen molar-refractivity contribution >= 4 is 11.8 Å². The summed E-state index contributed by atoms with van der Waals surface area (Å²) in [5, 5.41) is 3.31. The quantitative estimate of drug-likeness (QED) is 0.866. The Morgan fingerprint density at radius 3 is 2.17 bits per heavy atom. The predicted octanol–water partition coefficient (Wildman–Crippen LogP) is 3.40. The maximum atomic E-state index is 12.7. The minimum Gasteiger partial charge on any atom is -0.353 e. The average molecular weight is 320 g/mol. The summed E-state index contributed by atoms with van der Waals surface area (Å²) in [7, 11) is 0. The first-order valence-corrected chi connectivity index (χ1v) is 9.84. The summed E-state index contributed by atoms with van der Waals surface area (Å²) >= 11 is 0. The number of likely N-dealkylation sites (tertiary alicyclic amines) is 1. The third-order valence-electron chi connectivity index (χ3n) is 6.03. The summed E-state index contributed by atoms with van der Waals surface area (Å²) in [4.78, 5) is 26.9. The Bertz CT molecular complexity index is 410. The van der Waals surface area contributed by atoms with Crippen LogP contribution in [-0.4, -0.2) is 35.3 Å². The normalized spacial score (nSPS) is 28.4. The highest BCUT2D eigenvalue weighted by molar-refractivity contribution is 5.84. The van der Waals surface area contributed by atoms with Gasteiger partial charge in [0.15, 0.2) is 0 Å². The molecule has 23 heavy (non-hydrogen) atoms. The van der Waals surface area contributed by atoms with Crippen LogP contribution in [0.3, 0.4) is 0 Å². The van der Waals surface area contributed by atoms with Gasteiger partial charge >= 0.3 is 0 Å². The van der Waals surface area contributed by atoms with Gasteiger partial charge in [0.1, 0.15) is 0 Å². The van der Waals surface area contributed by atoms with Crippen molar-refractivity contribution in [2.24, 2.45) is 5.92 Å². The van der Waals surface area contributed by atoms with Crippen LogP contribution in [0.4, 0.5) is 0 Å². The second-order valence-electron chi connectivity index (χ2n) is 7.77. The van der Waals surface area contributed by atoms with E-state index in [4.69, 9.17) is 0 Å². The number of hydrogen-bond acceptors (Lipinski definition) is 2. The zero-order valence-electron chi connectivity index (χ0n) is 14.4. The highest BCUT2D eigenvalue weighted by Gasteiger charge is 2.35. The van der Waals surface area contributed by atoms with Crippen molar-refractivity contribution in [3.05, 3.63) is 0 Å². The average Bonchev–Trinajstić information content (AvgIpc) is 3.04. The van der Waals surface area contributed by atoms with Crippen LogP contribution in [0.15, 0.2) is 0 Å². The molecule has 1 saturated heterocycles. The van der Waals surface area contributed by atoms with Crippen molar-refractivity contribution < 1.29 is 9.59 Å². The SMILES string of the molecule is O=C(NC1CCCCCCC1)[C@H]1CCC(=O)N(C2CCCC2)C1. The van der Waals surface area contributed by atoms with E-state index < -0.39 is 0 Å². The molecule has 4 heteroatoms. The topological polar surface area (TPSA) is 49.4 Å². The van der Waals surface area contributed by atoms with E-state index in [1.54, 1.807) is 0 Å². The summed E-state index contributed by atoms with van der Waals surface area (Å²) in [6.07, 6.45) is 14.7. The third-order valence-corrected chi connectivity index (χ3v) is 6.03. The molecule has 3 aliphatic rings. The first-order valence-electron chi connectivity index (χ1n) is 9.84. The monoisotopic (exact) mass is 320 g/mol. The molecular formula is C19H32N2O2. The van der Waals surface area contributed by atoms with Crippen LogP contribution in [0.5, 0.6) is 0 Å². The van der Waals surface area contributed by atoms with E-state index in [0.29, 0.717) is 25.0 Å². The summed E-state index contributed by atoms with van der Waals surface area (Å²) < 4.78 is 0. The van der Waals surface area contributed by atoms with Gasteiger partial charge in [-0.05, 0) is 32.1 Å². The second-order valence-corrected chi connectivity index (χ2v) is 7.77. The molecule has 0 bridgehead atoms. The molecule has 1 aliphatic heterocycles. The Kier molecular flexibility index (Phi) is 5.96. The van der Waals surface area contributed by atoms with Gasteiger partial charge in [-0.15, -0.1) is 0 Å². The van der Waals surface area contributed by atoms with Crippen LogP contribution < -0.4 is 5.32 Å². The van der Waals surface area contributed by atoms with Gasteiger partial charge in [-0.2, -0.15) is 0 Å². The van der Waals surface area contributed by atoms with Gasteiger partial charge in [0.05, 0.1) is 5.92 Å². The van der Waals surface area contributed by atoms with E-state index in [0.717, 1.165) is 32.1 Å². The first-order chi connectivity index (χ1) is 11.2. The molecule has 0 unspecified atom stereocenters. The van der Waals surface area contributed by atoms with Crippen LogP contribution in [0.25, 0.3) is 0 Å². The van der Waals surface area contributed by atoms with Crippen LogP contribution in [0.1, 0.15) is 83.5 Å². The van der Waals surface area contributed by atoms with Crippen LogP contribution in [0.2, 0.25) is 0 Å². The number of nitrogens with zero attached hydrogens (tertiary/aromatic N) is 1. The molecule has 130 valence electrons. The maximum absolute atomic E-state index is 12.7. The summed E-state index contributed by atoms with van der Waals surface area (Å²) in [5.41, 5.74) is 0. The largest absolute Gasteiger partial charge is 0.353 e. The molecule has 4 nitrogen and oxygen atoms in total. The van der Waals surface area contributed by atoms with Crippen molar-refractivity contribution in [2.45, 2.75) is 95.6 Å². The molecule has 0 aromatic carbocycles. The Morgan fingerprint density at radius 2 is 1.48 bits per heavy atom. The van der Waals surface area contributed by atoms with Crippen molar-refractivity contribution in [2.75, 3.05) is 6.54 Å². The number of piperidine rings is 1. The predicted molar refractivity (Wildman–Crippen MR) is 90.9 cm³/mol. The highest BCUT2D eigenvalue weighted by Crippen LogP contribution is 2.29. The van der Waals surface area contributed by atoms with Crippen molar-refractivity contribution in [1.82, 2.24) is 10.2 Å². The van der Waals surface area contributed by atoms with E-state index >= 15 is 0 Å². The van der Waals surface area contributed by atoms with Gasteiger partial charge in [-0.25, -0.2) is 0 Å². The Hall–Kier alpha value is -1.06. The molecule has 2 saturated carbocycles. The number of nitrogens with one attached hydrogen (secondary N) is 1. The minimum absolute atomic E-state index is 0.0127. The Morgan fingerprint density at radius 1 is 0.870 bits per heavy atom. The Labute approximate surface area is 140 Å². The summed E-state index contributed by atoms with van der Waals surface area (Å²) in [5.74, 6) is 0.483. The zero-order valence-corrected chi connectivity index (χ0v) is 14.4. The van der Waals surface area contributed by atoms with Gasteiger partial charge in [-0.3, -0.25) is 9.59 Å². The first kappa shape index (κ1) is 16.8. The lowest BCUT2D eigenvalue weighted by molar-refractivity contribution is -0.140. The van der Waals surface area contributed by atoms with Crippen LogP contribution >= 0.6 is 0 Å². The Balaban J connectivity index is 1.52. The molecule has 1 N–H and O–H groups in total. The maximum Gasteiger partial charge on any atom is 0.225 e. The molecule has 0 radical (unpaired) electrons. The van der Waals surface area contributed by atoms with Crippen molar-refractivity contribution in [3.63, 3.8) is 0 Å². The fraction of sp³-hybridized carbons (Fsp3) is 0.895. The van der Waals surface area contributed by atoms with Gasteiger partial charge in [0.25, 0.3) is 0 Å². The van der Waals surface area contributed by atoms with E-state index in [2.05, 4.69) is 5.32 Å². The molecule has 3 fully saturated rings. The number of rotatable bonds is 3. The standard InChI is InChI=1S/C19H32N2O2/c22-18-13-12-15(14-21(18)17-10-6-7-11-17)19(23)20-16-8-4-2-1-3-5-9-16/h15-17H,1-14H2,(H,20,23)/t15-/m0/s1. The molecule has 0 aromatic rings. The second kappa shape index (κ2) is 8.16. The van der Waals surface area contributed by atoms with Crippen molar-refractivity contribution in [3.8, 4) is 0 Å². The van der Waals surface area contributed by atoms with E-state index in [1.807, 2.05) is 4.90 Å². The van der Waals surface area contributed by atoms with Gasteiger partial charge < -0.3 is 10.2 Å². The smallest absolute Gasteiger partial charge is 0.225 e. The number of amides is 2. The van der Waals surface area contributed by atoms with E-state index in [9.17, 15) is 9.59 Å². The lowest BCUT2D eigenvalue weighted by Crippen LogP contribution is -2.50. The van der Waals surface area contributed by atoms with E-state index in [-0.39, 0.29) is 17.7 Å². The lowest BCUT2D eigenvalue weighted by atomic mass is 9.93. The molecule has 0 spiro atoms. The lowest BCUT2D eigenvalue weighted by Gasteiger charge is -2.36. The fourth-order valence-corrected chi connectivity index (χ4v) is 4.57. The molecule has 1 heterocycles. The number of carbonyl (C=O) groups excluding carboxylic acids is 2. The van der Waals surface area contributed by atoms with Crippen LogP contribution in [0, 0.1) is 5.92 Å². The summed E-state index contributed by atoms with van der Waals surface area (Å²) in [6.45, 7) is 0.655. The van der Waals surface area contributed by atoms with Crippen LogP contribution in [-0.2, 0) is 9.59 Å². The molecule has 3 rings (SSSR count). The number of carbonyl (C=O) groups is 2. The van der Waals surface area contributed by atoms with Crippen molar-refractivity contribution in [1.29, 1.82) is 0 Å². The van der Waals surface area contributed by atoms with E-state index in [1.165, 1.54) is 44.9 Å².